The average molecular weight is 252 g/mol. The second kappa shape index (κ2) is 6.85. The number of methoxy groups -OCH3 is 1. The van der Waals surface area contributed by atoms with Crippen molar-refractivity contribution in [1.82, 2.24) is 0 Å². The first kappa shape index (κ1) is 13.4. The van der Waals surface area contributed by atoms with E-state index in [9.17, 15) is 4.79 Å². The van der Waals surface area contributed by atoms with Gasteiger partial charge in [0.1, 0.15) is 6.54 Å². The van der Waals surface area contributed by atoms with Crippen LogP contribution in [-0.2, 0) is 9.53 Å². The van der Waals surface area contributed by atoms with Crippen molar-refractivity contribution >= 4 is 28.9 Å². The van der Waals surface area contributed by atoms with Gasteiger partial charge in [-0.05, 0) is 12.1 Å². The molecule has 0 aliphatic heterocycles. The molecule has 0 aliphatic rings. The van der Waals surface area contributed by atoms with Crippen LogP contribution in [0.15, 0.2) is 30.3 Å². The number of anilines is 1. The van der Waals surface area contributed by atoms with Gasteiger partial charge in [0.05, 0.1) is 12.1 Å². The second-order valence-corrected chi connectivity index (χ2v) is 4.07. The number of hydrogen-bond acceptors (Lipinski definition) is 4. The van der Waals surface area contributed by atoms with Gasteiger partial charge in [-0.3, -0.25) is 4.79 Å². The Bertz CT molecular complexity index is 381. The number of hydrogen-bond donors (Lipinski definition) is 1. The van der Waals surface area contributed by atoms with Crippen LogP contribution in [0.5, 0.6) is 0 Å². The normalized spacial score (nSPS) is 9.71. The zero-order valence-corrected chi connectivity index (χ0v) is 10.6. The molecule has 0 bridgehead atoms. The maximum Gasteiger partial charge on any atom is 0.325 e. The summed E-state index contributed by atoms with van der Waals surface area (Å²) >= 11 is 4.84. The van der Waals surface area contributed by atoms with Crippen LogP contribution in [0.3, 0.4) is 0 Å². The highest BCUT2D eigenvalue weighted by molar-refractivity contribution is 7.80. The molecule has 0 saturated heterocycles. The number of esters is 1. The molecule has 1 aromatic rings. The van der Waals surface area contributed by atoms with E-state index < -0.39 is 0 Å². The van der Waals surface area contributed by atoms with E-state index in [-0.39, 0.29) is 12.5 Å². The van der Waals surface area contributed by atoms with E-state index in [1.54, 1.807) is 0 Å². The first-order valence-corrected chi connectivity index (χ1v) is 5.69. The molecule has 17 heavy (non-hydrogen) atoms. The zero-order valence-electron chi connectivity index (χ0n) is 9.76. The standard InChI is InChI=1S/C12H16N2O2S/c1-16-12(15)9-14(8-7-11(13)17)10-5-3-2-4-6-10/h2-6H,7-9H2,1H3,(H2,13,17). The number of carbonyl (C=O) groups is 1. The van der Waals surface area contributed by atoms with E-state index in [0.717, 1.165) is 5.69 Å². The van der Waals surface area contributed by atoms with Crippen molar-refractivity contribution in [1.29, 1.82) is 0 Å². The number of nitrogens with two attached hydrogens (primary N) is 1. The molecule has 0 amide bonds. The smallest absolute Gasteiger partial charge is 0.325 e. The fourth-order valence-corrected chi connectivity index (χ4v) is 1.50. The molecule has 0 spiro atoms. The van der Waals surface area contributed by atoms with E-state index in [0.29, 0.717) is 18.0 Å². The summed E-state index contributed by atoms with van der Waals surface area (Å²) in [5, 5.41) is 0. The number of nitrogens with zero attached hydrogens (tertiary/aromatic N) is 1. The Morgan fingerprint density at radius 2 is 2.06 bits per heavy atom. The summed E-state index contributed by atoms with van der Waals surface area (Å²) < 4.78 is 4.66. The Morgan fingerprint density at radius 3 is 2.59 bits per heavy atom. The van der Waals surface area contributed by atoms with Crippen molar-refractivity contribution in [3.05, 3.63) is 30.3 Å². The highest BCUT2D eigenvalue weighted by atomic mass is 32.1. The predicted octanol–water partition coefficient (Wildman–Crippen LogP) is 1.34. The number of rotatable bonds is 6. The first-order valence-electron chi connectivity index (χ1n) is 5.28. The van der Waals surface area contributed by atoms with E-state index in [4.69, 9.17) is 18.0 Å². The van der Waals surface area contributed by atoms with E-state index in [2.05, 4.69) is 4.74 Å². The van der Waals surface area contributed by atoms with Crippen LogP contribution >= 0.6 is 12.2 Å². The lowest BCUT2D eigenvalue weighted by Gasteiger charge is -2.23. The number of benzene rings is 1. The molecule has 0 radical (unpaired) electrons. The number of thiocarbonyl (C=S) groups is 1. The lowest BCUT2D eigenvalue weighted by molar-refractivity contribution is -0.138. The Kier molecular flexibility index (Phi) is 5.42. The molecule has 2 N–H and O–H groups in total. The molecule has 5 heteroatoms. The molecule has 1 rings (SSSR count). The fourth-order valence-electron chi connectivity index (χ4n) is 1.40. The summed E-state index contributed by atoms with van der Waals surface area (Å²) in [5.41, 5.74) is 6.42. The van der Waals surface area contributed by atoms with E-state index in [1.165, 1.54) is 7.11 Å². The monoisotopic (exact) mass is 252 g/mol. The van der Waals surface area contributed by atoms with Crippen molar-refractivity contribution in [2.75, 3.05) is 25.1 Å². The lowest BCUT2D eigenvalue weighted by Crippen LogP contribution is -2.33. The van der Waals surface area contributed by atoms with Crippen LogP contribution in [-0.4, -0.2) is 31.2 Å². The first-order chi connectivity index (χ1) is 8.13. The van der Waals surface area contributed by atoms with Crippen LogP contribution in [0, 0.1) is 0 Å². The highest BCUT2D eigenvalue weighted by Gasteiger charge is 2.11. The van der Waals surface area contributed by atoms with Crippen LogP contribution in [0.4, 0.5) is 5.69 Å². The summed E-state index contributed by atoms with van der Waals surface area (Å²) in [4.78, 5) is 13.6. The number of carbonyl (C=O) groups excluding carboxylic acids is 1. The third-order valence-electron chi connectivity index (χ3n) is 2.30. The van der Waals surface area contributed by atoms with Gasteiger partial charge in [-0.2, -0.15) is 0 Å². The largest absolute Gasteiger partial charge is 0.468 e. The fraction of sp³-hybridized carbons (Fsp3) is 0.333. The summed E-state index contributed by atoms with van der Waals surface area (Å²) in [6, 6.07) is 9.62. The van der Waals surface area contributed by atoms with Gasteiger partial charge in [0.25, 0.3) is 0 Å². The van der Waals surface area contributed by atoms with Gasteiger partial charge >= 0.3 is 5.97 Å². The molecule has 4 nitrogen and oxygen atoms in total. The molecular formula is C12H16N2O2S. The summed E-state index contributed by atoms with van der Waals surface area (Å²) in [6.07, 6.45) is 0.571. The minimum atomic E-state index is -0.281. The predicted molar refractivity (Wildman–Crippen MR) is 72.1 cm³/mol. The Balaban J connectivity index is 2.71. The summed E-state index contributed by atoms with van der Waals surface area (Å²) in [6.45, 7) is 0.803. The van der Waals surface area contributed by atoms with Gasteiger partial charge in [-0.1, -0.05) is 30.4 Å². The van der Waals surface area contributed by atoms with E-state index >= 15 is 0 Å². The number of ether oxygens (including phenoxy) is 1. The highest BCUT2D eigenvalue weighted by Crippen LogP contribution is 2.13. The van der Waals surface area contributed by atoms with Crippen molar-refractivity contribution in [3.63, 3.8) is 0 Å². The summed E-state index contributed by atoms with van der Waals surface area (Å²) in [5.74, 6) is -0.281. The van der Waals surface area contributed by atoms with Crippen LogP contribution < -0.4 is 10.6 Å². The minimum absolute atomic E-state index is 0.198. The molecular weight excluding hydrogens is 236 g/mol. The molecule has 0 unspecified atom stereocenters. The topological polar surface area (TPSA) is 55.6 Å². The van der Waals surface area contributed by atoms with Gasteiger partial charge in [0, 0.05) is 18.7 Å². The quantitative estimate of drug-likeness (QED) is 0.611. The van der Waals surface area contributed by atoms with Crippen LogP contribution in [0.25, 0.3) is 0 Å². The van der Waals surface area contributed by atoms with Gasteiger partial charge < -0.3 is 15.4 Å². The minimum Gasteiger partial charge on any atom is -0.468 e. The van der Waals surface area contributed by atoms with Gasteiger partial charge in [-0.25, -0.2) is 0 Å². The third-order valence-corrected chi connectivity index (χ3v) is 2.50. The maximum atomic E-state index is 11.3. The molecule has 0 fully saturated rings. The van der Waals surface area contributed by atoms with E-state index in [1.807, 2.05) is 35.2 Å². The molecule has 1 aromatic carbocycles. The molecule has 0 heterocycles. The Hall–Kier alpha value is -1.62. The average Bonchev–Trinajstić information content (AvgIpc) is 2.35. The zero-order chi connectivity index (χ0) is 12.7. The van der Waals surface area contributed by atoms with Crippen LogP contribution in [0.1, 0.15) is 6.42 Å². The summed E-state index contributed by atoms with van der Waals surface area (Å²) in [7, 11) is 1.37. The van der Waals surface area contributed by atoms with Gasteiger partial charge in [0.15, 0.2) is 0 Å². The molecule has 92 valence electrons. The number of para-hydroxylation sites is 1. The van der Waals surface area contributed by atoms with Gasteiger partial charge in [0.2, 0.25) is 0 Å². The van der Waals surface area contributed by atoms with Crippen LogP contribution in [0.2, 0.25) is 0 Å². The lowest BCUT2D eigenvalue weighted by atomic mass is 10.2. The molecule has 0 aromatic heterocycles. The maximum absolute atomic E-state index is 11.3. The Labute approximate surface area is 106 Å². The molecule has 0 atom stereocenters. The third kappa shape index (κ3) is 4.82. The van der Waals surface area contributed by atoms with Gasteiger partial charge in [-0.15, -0.1) is 0 Å². The Morgan fingerprint density at radius 1 is 1.41 bits per heavy atom. The van der Waals surface area contributed by atoms with Crippen molar-refractivity contribution in [2.45, 2.75) is 6.42 Å². The molecule has 0 aliphatic carbocycles. The molecule has 0 saturated carbocycles. The SMILES string of the molecule is COC(=O)CN(CCC(N)=S)c1ccccc1. The second-order valence-electron chi connectivity index (χ2n) is 3.55. The van der Waals surface area contributed by atoms with Crippen molar-refractivity contribution in [3.8, 4) is 0 Å². The van der Waals surface area contributed by atoms with Crippen molar-refractivity contribution < 1.29 is 9.53 Å². The van der Waals surface area contributed by atoms with Crippen molar-refractivity contribution in [2.24, 2.45) is 5.73 Å².